The zero-order chi connectivity index (χ0) is 24.4. The van der Waals surface area contributed by atoms with Crippen LogP contribution in [0.5, 0.6) is 0 Å². The molecule has 1 saturated carbocycles. The lowest BCUT2D eigenvalue weighted by atomic mass is 9.79. The maximum atomic E-state index is 15.2. The highest BCUT2D eigenvalue weighted by atomic mass is 35.5. The lowest BCUT2D eigenvalue weighted by Gasteiger charge is -2.39. The Hall–Kier alpha value is -2.75. The predicted molar refractivity (Wildman–Crippen MR) is 135 cm³/mol. The summed E-state index contributed by atoms with van der Waals surface area (Å²) >= 11 is 6.24. The lowest BCUT2D eigenvalue weighted by Crippen LogP contribution is -2.44. The molecule has 2 aliphatic rings. The van der Waals surface area contributed by atoms with Crippen LogP contribution in [0.1, 0.15) is 48.4 Å². The minimum absolute atomic E-state index is 0.251. The number of aryl methyl sites for hydroxylation is 2. The van der Waals surface area contributed by atoms with Crippen molar-refractivity contribution in [2.75, 3.05) is 36.9 Å². The van der Waals surface area contributed by atoms with Crippen molar-refractivity contribution >= 4 is 34.9 Å². The fourth-order valence-electron chi connectivity index (χ4n) is 5.17. The van der Waals surface area contributed by atoms with E-state index >= 15 is 4.39 Å². The lowest BCUT2D eigenvalue weighted by molar-refractivity contribution is 0.00728. The average molecular weight is 500 g/mol. The molecule has 186 valence electrons. The number of ether oxygens (including phenoxy) is 1. The summed E-state index contributed by atoms with van der Waals surface area (Å²) in [5.41, 5.74) is 3.42. The van der Waals surface area contributed by atoms with Gasteiger partial charge >= 0.3 is 0 Å². The van der Waals surface area contributed by atoms with Crippen LogP contribution in [0.2, 0.25) is 5.02 Å². The molecule has 3 aromatic rings. The van der Waals surface area contributed by atoms with Crippen LogP contribution in [0.3, 0.4) is 0 Å². The molecule has 2 aromatic heterocycles. The molecule has 1 aliphatic carbocycles. The molecular weight excluding hydrogens is 469 g/mol. The fraction of sp³-hybridized carbons (Fsp3) is 0.480. The van der Waals surface area contributed by atoms with Crippen molar-refractivity contribution in [1.82, 2.24) is 25.1 Å². The van der Waals surface area contributed by atoms with E-state index in [0.29, 0.717) is 34.3 Å². The molecular formula is C25H31ClFN7O. The van der Waals surface area contributed by atoms with Gasteiger partial charge in [-0.3, -0.25) is 10.00 Å². The topological polar surface area (TPSA) is 91.0 Å². The highest BCUT2D eigenvalue weighted by Gasteiger charge is 2.28. The number of nitrogens with one attached hydrogen (secondary N) is 3. The number of hydrogen-bond acceptors (Lipinski definition) is 7. The van der Waals surface area contributed by atoms with Gasteiger partial charge in [0.2, 0.25) is 5.95 Å². The Labute approximate surface area is 209 Å². The third-order valence-electron chi connectivity index (χ3n) is 7.00. The van der Waals surface area contributed by atoms with Crippen LogP contribution in [-0.2, 0) is 4.74 Å². The first-order chi connectivity index (χ1) is 17.0. The number of rotatable bonds is 6. The number of aromatic nitrogens is 4. The van der Waals surface area contributed by atoms with Gasteiger partial charge in [-0.1, -0.05) is 11.6 Å². The molecule has 0 atom stereocenters. The van der Waals surface area contributed by atoms with Crippen molar-refractivity contribution in [3.63, 3.8) is 0 Å². The largest absolute Gasteiger partial charge is 0.379 e. The summed E-state index contributed by atoms with van der Waals surface area (Å²) in [7, 11) is 0. The van der Waals surface area contributed by atoms with Crippen molar-refractivity contribution < 1.29 is 9.13 Å². The van der Waals surface area contributed by atoms with Crippen LogP contribution >= 0.6 is 11.6 Å². The van der Waals surface area contributed by atoms with E-state index in [2.05, 4.69) is 35.7 Å². The number of aromatic amines is 1. The van der Waals surface area contributed by atoms with Gasteiger partial charge in [-0.2, -0.15) is 10.1 Å². The van der Waals surface area contributed by atoms with Crippen LogP contribution in [0, 0.1) is 19.7 Å². The number of benzene rings is 1. The highest BCUT2D eigenvalue weighted by molar-refractivity contribution is 6.32. The minimum Gasteiger partial charge on any atom is -0.379 e. The van der Waals surface area contributed by atoms with Crippen molar-refractivity contribution in [2.45, 2.75) is 51.5 Å². The summed E-state index contributed by atoms with van der Waals surface area (Å²) in [5, 5.41) is 13.4. The average Bonchev–Trinajstić information content (AvgIpc) is 3.28. The van der Waals surface area contributed by atoms with Gasteiger partial charge in [-0.15, -0.1) is 0 Å². The number of morpholine rings is 1. The molecule has 8 nitrogen and oxygen atoms in total. The zero-order valence-corrected chi connectivity index (χ0v) is 20.8. The van der Waals surface area contributed by atoms with Gasteiger partial charge in [-0.05, 0) is 68.7 Å². The van der Waals surface area contributed by atoms with Gasteiger partial charge in [0.25, 0.3) is 0 Å². The van der Waals surface area contributed by atoms with Gasteiger partial charge in [0, 0.05) is 30.9 Å². The second-order valence-corrected chi connectivity index (χ2v) is 9.83. The Kier molecular flexibility index (Phi) is 7.17. The Bertz CT molecular complexity index is 1170. The molecule has 0 radical (unpaired) electrons. The SMILES string of the molecule is Cc1cc(Nc2nc(Nc3cc(C)c([C@H]4CC[C@H](N5CCOCC5)CC4)cc3F)ncc2Cl)n[nH]1. The third kappa shape index (κ3) is 5.58. The Balaban J connectivity index is 1.26. The normalized spacial score (nSPS) is 21.1. The smallest absolute Gasteiger partial charge is 0.229 e. The molecule has 5 rings (SSSR count). The van der Waals surface area contributed by atoms with Crippen molar-refractivity contribution in [2.24, 2.45) is 0 Å². The molecule has 1 aliphatic heterocycles. The van der Waals surface area contributed by atoms with E-state index in [4.69, 9.17) is 16.3 Å². The van der Waals surface area contributed by atoms with Crippen molar-refractivity contribution in [3.8, 4) is 0 Å². The number of H-pyrrole nitrogens is 1. The van der Waals surface area contributed by atoms with Gasteiger partial charge < -0.3 is 15.4 Å². The van der Waals surface area contributed by atoms with Gasteiger partial charge in [0.1, 0.15) is 10.8 Å². The maximum absolute atomic E-state index is 15.2. The van der Waals surface area contributed by atoms with Crippen molar-refractivity contribution in [3.05, 3.63) is 52.1 Å². The standard InChI is InChI=1S/C25H31ClFN7O/c1-15-11-22(29-25-28-14-20(26)24(31-25)30-23-12-16(2)32-33-23)21(27)13-19(15)17-3-5-18(6-4-17)34-7-9-35-10-8-34/h11-14,17-18H,3-10H2,1-2H3,(H3,28,29,30,31,32,33)/t17-,18-. The van der Waals surface area contributed by atoms with E-state index in [-0.39, 0.29) is 11.8 Å². The summed E-state index contributed by atoms with van der Waals surface area (Å²) in [6.45, 7) is 7.65. The molecule has 0 spiro atoms. The van der Waals surface area contributed by atoms with E-state index in [9.17, 15) is 0 Å². The molecule has 35 heavy (non-hydrogen) atoms. The third-order valence-corrected chi connectivity index (χ3v) is 7.27. The monoisotopic (exact) mass is 499 g/mol. The zero-order valence-electron chi connectivity index (χ0n) is 20.1. The maximum Gasteiger partial charge on any atom is 0.229 e. The van der Waals surface area contributed by atoms with E-state index in [0.717, 1.165) is 68.8 Å². The molecule has 0 amide bonds. The number of halogens is 2. The van der Waals surface area contributed by atoms with Gasteiger partial charge in [0.15, 0.2) is 11.6 Å². The summed E-state index contributed by atoms with van der Waals surface area (Å²) in [6.07, 6.45) is 5.93. The summed E-state index contributed by atoms with van der Waals surface area (Å²) < 4.78 is 20.7. The van der Waals surface area contributed by atoms with Crippen LogP contribution in [0.4, 0.5) is 27.7 Å². The molecule has 1 saturated heterocycles. The van der Waals surface area contributed by atoms with Crippen LogP contribution in [0.25, 0.3) is 0 Å². The Morgan fingerprint density at radius 1 is 1.09 bits per heavy atom. The fourth-order valence-corrected chi connectivity index (χ4v) is 5.30. The van der Waals surface area contributed by atoms with Crippen LogP contribution < -0.4 is 10.6 Å². The minimum atomic E-state index is -0.308. The first kappa shape index (κ1) is 24.0. The summed E-state index contributed by atoms with van der Waals surface area (Å²) in [6, 6.07) is 5.98. The van der Waals surface area contributed by atoms with Gasteiger partial charge in [-0.25, -0.2) is 9.37 Å². The molecule has 3 N–H and O–H groups in total. The molecule has 1 aromatic carbocycles. The van der Waals surface area contributed by atoms with Gasteiger partial charge in [0.05, 0.1) is 25.1 Å². The summed E-state index contributed by atoms with van der Waals surface area (Å²) in [5.74, 6) is 1.30. The molecule has 0 unspecified atom stereocenters. The van der Waals surface area contributed by atoms with E-state index in [1.807, 2.05) is 26.0 Å². The molecule has 2 fully saturated rings. The quantitative estimate of drug-likeness (QED) is 0.415. The van der Waals surface area contributed by atoms with E-state index in [1.54, 1.807) is 6.07 Å². The summed E-state index contributed by atoms with van der Waals surface area (Å²) in [4.78, 5) is 11.2. The van der Waals surface area contributed by atoms with Crippen LogP contribution in [-0.4, -0.2) is 57.4 Å². The number of anilines is 4. The highest BCUT2D eigenvalue weighted by Crippen LogP contribution is 2.38. The van der Waals surface area contributed by atoms with E-state index in [1.165, 1.54) is 6.20 Å². The second kappa shape index (κ2) is 10.5. The second-order valence-electron chi connectivity index (χ2n) is 9.42. The first-order valence-corrected chi connectivity index (χ1v) is 12.5. The Morgan fingerprint density at radius 3 is 2.57 bits per heavy atom. The number of hydrogen-bond donors (Lipinski definition) is 3. The van der Waals surface area contributed by atoms with Crippen LogP contribution in [0.15, 0.2) is 24.4 Å². The molecule has 3 heterocycles. The first-order valence-electron chi connectivity index (χ1n) is 12.2. The predicted octanol–water partition coefficient (Wildman–Crippen LogP) is 5.45. The van der Waals surface area contributed by atoms with E-state index < -0.39 is 0 Å². The molecule has 0 bridgehead atoms. The van der Waals surface area contributed by atoms with Crippen molar-refractivity contribution in [1.29, 1.82) is 0 Å². The molecule has 10 heteroatoms. The number of nitrogens with zero attached hydrogens (tertiary/aromatic N) is 4. The Morgan fingerprint density at radius 2 is 1.86 bits per heavy atom.